The van der Waals surface area contributed by atoms with Crippen molar-refractivity contribution >= 4 is 22.6 Å². The average Bonchev–Trinajstić information content (AvgIpc) is 2.74. The van der Waals surface area contributed by atoms with Gasteiger partial charge < -0.3 is 15.2 Å². The lowest BCUT2D eigenvalue weighted by molar-refractivity contribution is -0.148. The molecule has 0 aliphatic heterocycles. The number of carboxylic acid groups (broad SMARTS) is 1. The fraction of sp³-hybridized carbons (Fsp3) is 0.520. The highest BCUT2D eigenvalue weighted by atomic mass is 16.5. The van der Waals surface area contributed by atoms with Gasteiger partial charge in [-0.2, -0.15) is 0 Å². The van der Waals surface area contributed by atoms with Gasteiger partial charge in [-0.15, -0.1) is 0 Å². The van der Waals surface area contributed by atoms with Crippen LogP contribution in [0.4, 0.5) is 0 Å². The number of rotatable bonds is 8. The first kappa shape index (κ1) is 20.7. The Hall–Kier alpha value is -2.56. The minimum atomic E-state index is -1.14. The highest BCUT2D eigenvalue weighted by molar-refractivity contribution is 6.05. The van der Waals surface area contributed by atoms with Crippen molar-refractivity contribution in [3.63, 3.8) is 0 Å². The molecule has 0 spiro atoms. The van der Waals surface area contributed by atoms with E-state index in [1.54, 1.807) is 6.07 Å². The van der Waals surface area contributed by atoms with Crippen LogP contribution in [0.2, 0.25) is 0 Å². The average molecular weight is 410 g/mol. The van der Waals surface area contributed by atoms with Crippen LogP contribution >= 0.6 is 0 Å². The Morgan fingerprint density at radius 3 is 2.50 bits per heavy atom. The van der Waals surface area contributed by atoms with Crippen molar-refractivity contribution in [3.05, 3.63) is 42.0 Å². The van der Waals surface area contributed by atoms with Crippen LogP contribution in [0.5, 0.6) is 5.75 Å². The Morgan fingerprint density at radius 2 is 1.80 bits per heavy atom. The maximum atomic E-state index is 13.0. The summed E-state index contributed by atoms with van der Waals surface area (Å²) in [6, 6.07) is 11.5. The molecule has 5 nitrogen and oxygen atoms in total. The SMILES string of the molecule is O=C(NC1(C(=O)O)CCC1)c1ccc2ccccc2c1OCCCC1CCCCC1. The van der Waals surface area contributed by atoms with Crippen molar-refractivity contribution < 1.29 is 19.4 Å². The van der Waals surface area contributed by atoms with Gasteiger partial charge in [0.15, 0.2) is 0 Å². The Labute approximate surface area is 177 Å². The molecule has 160 valence electrons. The van der Waals surface area contributed by atoms with Gasteiger partial charge >= 0.3 is 5.97 Å². The number of nitrogens with one attached hydrogen (secondary N) is 1. The van der Waals surface area contributed by atoms with Gasteiger partial charge in [-0.05, 0) is 49.5 Å². The number of ether oxygens (including phenoxy) is 1. The predicted molar refractivity (Wildman–Crippen MR) is 117 cm³/mol. The minimum absolute atomic E-state index is 0.370. The van der Waals surface area contributed by atoms with Gasteiger partial charge in [-0.3, -0.25) is 4.79 Å². The van der Waals surface area contributed by atoms with Gasteiger partial charge in [0.05, 0.1) is 12.2 Å². The summed E-state index contributed by atoms with van der Waals surface area (Å²) < 4.78 is 6.18. The third kappa shape index (κ3) is 4.30. The Kier molecular flexibility index (Phi) is 6.26. The molecular weight excluding hydrogens is 378 g/mol. The van der Waals surface area contributed by atoms with Crippen molar-refractivity contribution in [3.8, 4) is 5.75 Å². The molecule has 0 atom stereocenters. The molecule has 0 radical (unpaired) electrons. The Bertz CT molecular complexity index is 913. The quantitative estimate of drug-likeness (QED) is 0.579. The Morgan fingerprint density at radius 1 is 1.03 bits per heavy atom. The summed E-state index contributed by atoms with van der Waals surface area (Å²) in [7, 11) is 0. The minimum Gasteiger partial charge on any atom is -0.492 e. The summed E-state index contributed by atoms with van der Waals surface area (Å²) in [6.07, 6.45) is 10.6. The summed E-state index contributed by atoms with van der Waals surface area (Å²) in [4.78, 5) is 24.7. The summed E-state index contributed by atoms with van der Waals surface area (Å²) in [6.45, 7) is 0.564. The normalized spacial score (nSPS) is 18.5. The molecule has 0 heterocycles. The summed E-state index contributed by atoms with van der Waals surface area (Å²) >= 11 is 0. The number of amides is 1. The molecule has 4 rings (SSSR count). The zero-order valence-electron chi connectivity index (χ0n) is 17.5. The lowest BCUT2D eigenvalue weighted by Gasteiger charge is -2.38. The van der Waals surface area contributed by atoms with Crippen LogP contribution in [-0.4, -0.2) is 29.1 Å². The third-order valence-electron chi connectivity index (χ3n) is 6.82. The van der Waals surface area contributed by atoms with E-state index in [-0.39, 0.29) is 5.91 Å². The molecule has 2 aliphatic rings. The number of aliphatic carboxylic acids is 1. The van der Waals surface area contributed by atoms with E-state index in [0.29, 0.717) is 30.8 Å². The maximum absolute atomic E-state index is 13.0. The monoisotopic (exact) mass is 409 g/mol. The van der Waals surface area contributed by atoms with Crippen LogP contribution in [0.3, 0.4) is 0 Å². The van der Waals surface area contributed by atoms with E-state index in [4.69, 9.17) is 4.74 Å². The molecule has 5 heteroatoms. The molecule has 0 bridgehead atoms. The number of fused-ring (bicyclic) bond motifs is 1. The lowest BCUT2D eigenvalue weighted by atomic mass is 9.76. The van der Waals surface area contributed by atoms with E-state index in [0.717, 1.165) is 36.0 Å². The number of benzene rings is 2. The molecule has 0 aromatic heterocycles. The van der Waals surface area contributed by atoms with E-state index < -0.39 is 11.5 Å². The number of carbonyl (C=O) groups excluding carboxylic acids is 1. The molecular formula is C25H31NO4. The lowest BCUT2D eigenvalue weighted by Crippen LogP contribution is -2.59. The molecule has 2 N–H and O–H groups in total. The predicted octanol–water partition coefficient (Wildman–Crippen LogP) is 5.32. The molecule has 30 heavy (non-hydrogen) atoms. The molecule has 0 saturated heterocycles. The van der Waals surface area contributed by atoms with E-state index in [9.17, 15) is 14.7 Å². The van der Waals surface area contributed by atoms with E-state index in [2.05, 4.69) is 5.32 Å². The standard InChI is InChI=1S/C25H31NO4/c27-23(26-25(24(28)29)15-7-16-25)21-14-13-19-11-4-5-12-20(19)22(21)30-17-6-10-18-8-2-1-3-9-18/h4-5,11-14,18H,1-3,6-10,15-17H2,(H,26,27)(H,28,29). The fourth-order valence-corrected chi connectivity index (χ4v) is 4.81. The molecule has 1 amide bonds. The second kappa shape index (κ2) is 9.07. The summed E-state index contributed by atoms with van der Waals surface area (Å²) in [5, 5.41) is 14.2. The molecule has 0 unspecified atom stereocenters. The van der Waals surface area contributed by atoms with Crippen LogP contribution in [0, 0.1) is 5.92 Å². The fourth-order valence-electron chi connectivity index (χ4n) is 4.81. The number of hydrogen-bond acceptors (Lipinski definition) is 3. The molecule has 2 aliphatic carbocycles. The van der Waals surface area contributed by atoms with Crippen LogP contribution < -0.4 is 10.1 Å². The van der Waals surface area contributed by atoms with Crippen LogP contribution in [0.25, 0.3) is 10.8 Å². The highest BCUT2D eigenvalue weighted by Crippen LogP contribution is 2.35. The van der Waals surface area contributed by atoms with Gasteiger partial charge in [-0.25, -0.2) is 4.79 Å². The van der Waals surface area contributed by atoms with Gasteiger partial charge in [0, 0.05) is 5.39 Å². The Balaban J connectivity index is 1.50. The molecule has 2 fully saturated rings. The third-order valence-corrected chi connectivity index (χ3v) is 6.82. The second-order valence-electron chi connectivity index (χ2n) is 8.85. The summed E-state index contributed by atoms with van der Waals surface area (Å²) in [5.74, 6) is 0.0313. The first-order valence-electron chi connectivity index (χ1n) is 11.3. The van der Waals surface area contributed by atoms with Crippen molar-refractivity contribution in [1.29, 1.82) is 0 Å². The van der Waals surface area contributed by atoms with Crippen molar-refractivity contribution in [2.75, 3.05) is 6.61 Å². The van der Waals surface area contributed by atoms with Crippen molar-refractivity contribution in [2.45, 2.75) is 69.7 Å². The van der Waals surface area contributed by atoms with Crippen molar-refractivity contribution in [1.82, 2.24) is 5.32 Å². The zero-order chi connectivity index (χ0) is 21.0. The highest BCUT2D eigenvalue weighted by Gasteiger charge is 2.46. The van der Waals surface area contributed by atoms with E-state index >= 15 is 0 Å². The first-order valence-corrected chi connectivity index (χ1v) is 11.3. The molecule has 2 saturated carbocycles. The van der Waals surface area contributed by atoms with E-state index in [1.807, 2.05) is 30.3 Å². The van der Waals surface area contributed by atoms with Gasteiger partial charge in [0.25, 0.3) is 5.91 Å². The second-order valence-corrected chi connectivity index (χ2v) is 8.85. The maximum Gasteiger partial charge on any atom is 0.329 e. The van der Waals surface area contributed by atoms with Gasteiger partial charge in [0.2, 0.25) is 0 Å². The van der Waals surface area contributed by atoms with Gasteiger partial charge in [-0.1, -0.05) is 62.4 Å². The molecule has 2 aromatic carbocycles. The number of carboxylic acids is 1. The first-order chi connectivity index (χ1) is 14.6. The smallest absolute Gasteiger partial charge is 0.329 e. The largest absolute Gasteiger partial charge is 0.492 e. The van der Waals surface area contributed by atoms with Crippen LogP contribution in [0.1, 0.15) is 74.6 Å². The van der Waals surface area contributed by atoms with Crippen LogP contribution in [0.15, 0.2) is 36.4 Å². The van der Waals surface area contributed by atoms with Gasteiger partial charge in [0.1, 0.15) is 11.3 Å². The van der Waals surface area contributed by atoms with Crippen LogP contribution in [-0.2, 0) is 4.79 Å². The van der Waals surface area contributed by atoms with Crippen molar-refractivity contribution in [2.24, 2.45) is 5.92 Å². The zero-order valence-corrected chi connectivity index (χ0v) is 17.5. The number of hydrogen-bond donors (Lipinski definition) is 2. The molecule has 2 aromatic rings. The topological polar surface area (TPSA) is 75.6 Å². The number of carbonyl (C=O) groups is 2. The summed E-state index contributed by atoms with van der Waals surface area (Å²) in [5.41, 5.74) is -0.722. The van der Waals surface area contributed by atoms with E-state index in [1.165, 1.54) is 32.1 Å².